The van der Waals surface area contributed by atoms with Crippen molar-refractivity contribution in [2.45, 2.75) is 83.3 Å². The molecule has 43 heavy (non-hydrogen) atoms. The summed E-state index contributed by atoms with van der Waals surface area (Å²) in [7, 11) is -4.45. The van der Waals surface area contributed by atoms with Gasteiger partial charge in [0.1, 0.15) is 11.6 Å². The molecular weight excluding hydrogens is 614 g/mol. The average Bonchev–Trinajstić information content (AvgIpc) is 3.67. The van der Waals surface area contributed by atoms with Crippen molar-refractivity contribution in [3.63, 3.8) is 0 Å². The summed E-state index contributed by atoms with van der Waals surface area (Å²) in [5.41, 5.74) is -2.35. The van der Waals surface area contributed by atoms with Crippen LogP contribution in [0, 0.1) is 11.2 Å². The Bertz CT molecular complexity index is 1580. The van der Waals surface area contributed by atoms with E-state index in [1.165, 1.54) is 13.8 Å². The van der Waals surface area contributed by atoms with Crippen molar-refractivity contribution in [1.29, 1.82) is 0 Å². The molecule has 0 aliphatic carbocycles. The Balaban J connectivity index is 1.83. The van der Waals surface area contributed by atoms with Gasteiger partial charge in [-0.15, -0.1) is 11.3 Å². The highest BCUT2D eigenvalue weighted by Gasteiger charge is 2.34. The third-order valence-corrected chi connectivity index (χ3v) is 10.2. The predicted molar refractivity (Wildman–Crippen MR) is 150 cm³/mol. The highest BCUT2D eigenvalue weighted by molar-refractivity contribution is 7.89. The van der Waals surface area contributed by atoms with E-state index >= 15 is 4.39 Å². The monoisotopic (exact) mass is 647 g/mol. The highest BCUT2D eigenvalue weighted by Crippen LogP contribution is 2.42. The predicted octanol–water partition coefficient (Wildman–Crippen LogP) is 5.60. The van der Waals surface area contributed by atoms with Crippen molar-refractivity contribution in [2.75, 3.05) is 13.2 Å². The minimum atomic E-state index is -4.45. The molecule has 0 amide bonds. The van der Waals surface area contributed by atoms with E-state index in [1.807, 2.05) is 4.90 Å². The molecule has 1 fully saturated rings. The molecule has 2 atom stereocenters. The van der Waals surface area contributed by atoms with Crippen LogP contribution in [0.15, 0.2) is 21.6 Å². The summed E-state index contributed by atoms with van der Waals surface area (Å²) in [5, 5.41) is 13.4. The van der Waals surface area contributed by atoms with Gasteiger partial charge in [-0.1, -0.05) is 18.1 Å². The SMILES string of the molecule is CC[C@@H](C)NS(=O)(=O)c1ccc(-c2sc(-c3noc(CC(C)(C)C(=O)O)n3)nc2CN2CCC[C@@H]2CF)c(C(F)F)c1F. The summed E-state index contributed by atoms with van der Waals surface area (Å²) in [5.74, 6) is -2.68. The number of benzene rings is 1. The van der Waals surface area contributed by atoms with Crippen LogP contribution in [0.5, 0.6) is 0 Å². The molecule has 3 aromatic rings. The molecule has 1 aliphatic rings. The number of rotatable bonds is 13. The number of alkyl halides is 3. The summed E-state index contributed by atoms with van der Waals surface area (Å²) >= 11 is 0.865. The van der Waals surface area contributed by atoms with Crippen molar-refractivity contribution >= 4 is 27.3 Å². The summed E-state index contributed by atoms with van der Waals surface area (Å²) in [4.78, 5) is 21.3. The smallest absolute Gasteiger partial charge is 0.309 e. The molecule has 2 aromatic heterocycles. The Morgan fingerprint density at radius 1 is 1.30 bits per heavy atom. The number of sulfonamides is 1. The van der Waals surface area contributed by atoms with Crippen molar-refractivity contribution in [1.82, 2.24) is 24.7 Å². The van der Waals surface area contributed by atoms with E-state index in [4.69, 9.17) is 4.52 Å². The maximum Gasteiger partial charge on any atom is 0.309 e. The molecule has 0 radical (unpaired) electrons. The average molecular weight is 648 g/mol. The van der Waals surface area contributed by atoms with Crippen LogP contribution in [0.1, 0.15) is 70.5 Å². The summed E-state index contributed by atoms with van der Waals surface area (Å²) in [6, 6.07) is 1.09. The molecule has 0 saturated carbocycles. The van der Waals surface area contributed by atoms with Crippen molar-refractivity contribution in [2.24, 2.45) is 5.41 Å². The maximum absolute atomic E-state index is 15.7. The van der Waals surface area contributed by atoms with Gasteiger partial charge in [-0.3, -0.25) is 9.69 Å². The number of halogens is 4. The number of nitrogens with one attached hydrogen (secondary N) is 1. The second kappa shape index (κ2) is 13.0. The zero-order chi connectivity index (χ0) is 31.7. The van der Waals surface area contributed by atoms with E-state index in [0.29, 0.717) is 19.4 Å². The molecule has 236 valence electrons. The van der Waals surface area contributed by atoms with E-state index in [9.17, 15) is 31.5 Å². The first-order valence-corrected chi connectivity index (χ1v) is 16.0. The van der Waals surface area contributed by atoms with Crippen LogP contribution in [0.2, 0.25) is 0 Å². The zero-order valence-electron chi connectivity index (χ0n) is 24.0. The number of aliphatic carboxylic acids is 1. The van der Waals surface area contributed by atoms with Gasteiger partial charge in [-0.2, -0.15) is 4.98 Å². The first kappa shape index (κ1) is 33.0. The molecule has 4 rings (SSSR count). The Hall–Kier alpha value is -2.95. The third-order valence-electron chi connectivity index (χ3n) is 7.42. The molecule has 10 nitrogen and oxygen atoms in total. The lowest BCUT2D eigenvalue weighted by atomic mass is 9.90. The van der Waals surface area contributed by atoms with E-state index in [0.717, 1.165) is 29.9 Å². The molecule has 2 N–H and O–H groups in total. The van der Waals surface area contributed by atoms with Crippen LogP contribution < -0.4 is 4.72 Å². The lowest BCUT2D eigenvalue weighted by Gasteiger charge is -2.22. The van der Waals surface area contributed by atoms with Gasteiger partial charge in [0.05, 0.1) is 21.5 Å². The summed E-state index contributed by atoms with van der Waals surface area (Å²) in [6.45, 7) is 6.22. The van der Waals surface area contributed by atoms with Gasteiger partial charge in [0.15, 0.2) is 10.8 Å². The van der Waals surface area contributed by atoms with Gasteiger partial charge >= 0.3 is 5.97 Å². The molecule has 1 saturated heterocycles. The van der Waals surface area contributed by atoms with Crippen LogP contribution in [0.4, 0.5) is 17.6 Å². The van der Waals surface area contributed by atoms with E-state index < -0.39 is 62.9 Å². The first-order valence-electron chi connectivity index (χ1n) is 13.7. The lowest BCUT2D eigenvalue weighted by Crippen LogP contribution is -2.32. The van der Waals surface area contributed by atoms with Crippen LogP contribution in [0.3, 0.4) is 0 Å². The molecule has 1 aromatic carbocycles. The van der Waals surface area contributed by atoms with Crippen molar-refractivity contribution in [3.05, 3.63) is 35.1 Å². The van der Waals surface area contributed by atoms with Crippen LogP contribution in [0.25, 0.3) is 21.3 Å². The molecular formula is C27H33F4N5O5S2. The number of carbonyl (C=O) groups is 1. The standard InChI is InChI=1S/C27H33F4N5O5S2/c1-5-14(2)35-43(39,40)18-9-8-16(20(21(18)29)23(30)31)22-17(13-36-10-6-7-15(36)12-28)32-25(42-22)24-33-19(41-34-24)11-27(3,4)26(37)38/h8-9,14-15,23,35H,5-7,10-13H2,1-4H3,(H,37,38)/t14-,15-/m1/s1. The molecule has 1 aliphatic heterocycles. The second-order valence-corrected chi connectivity index (χ2v) is 13.8. The summed E-state index contributed by atoms with van der Waals surface area (Å²) in [6.07, 6.45) is -1.75. The van der Waals surface area contributed by atoms with E-state index in [1.54, 1.807) is 13.8 Å². The van der Waals surface area contributed by atoms with E-state index in [2.05, 4.69) is 19.8 Å². The third kappa shape index (κ3) is 7.07. The van der Waals surface area contributed by atoms with Gasteiger partial charge in [0, 0.05) is 30.6 Å². The number of hydrogen-bond donors (Lipinski definition) is 2. The van der Waals surface area contributed by atoms with Gasteiger partial charge in [-0.05, 0) is 52.6 Å². The normalized spacial score (nSPS) is 17.2. The topological polar surface area (TPSA) is 139 Å². The number of hydrogen-bond acceptors (Lipinski definition) is 9. The van der Waals surface area contributed by atoms with Crippen molar-refractivity contribution < 1.29 is 40.4 Å². The fraction of sp³-hybridized carbons (Fsp3) is 0.556. The minimum Gasteiger partial charge on any atom is -0.481 e. The Morgan fingerprint density at radius 3 is 2.65 bits per heavy atom. The number of carboxylic acid groups (broad SMARTS) is 1. The largest absolute Gasteiger partial charge is 0.481 e. The number of aromatic nitrogens is 3. The van der Waals surface area contributed by atoms with Gasteiger partial charge in [0.2, 0.25) is 21.7 Å². The van der Waals surface area contributed by atoms with Crippen LogP contribution >= 0.6 is 11.3 Å². The second-order valence-electron chi connectivity index (χ2n) is 11.2. The first-order chi connectivity index (χ1) is 20.2. The Morgan fingerprint density at radius 2 is 2.02 bits per heavy atom. The van der Waals surface area contributed by atoms with E-state index in [-0.39, 0.29) is 45.8 Å². The zero-order valence-corrected chi connectivity index (χ0v) is 25.7. The van der Waals surface area contributed by atoms with Gasteiger partial charge < -0.3 is 9.63 Å². The van der Waals surface area contributed by atoms with Gasteiger partial charge in [0.25, 0.3) is 6.43 Å². The molecule has 0 unspecified atom stereocenters. The number of carboxylic acids is 1. The Kier molecular flexibility index (Phi) is 9.93. The Labute approximate surface area is 250 Å². The highest BCUT2D eigenvalue weighted by atomic mass is 32.2. The molecule has 3 heterocycles. The van der Waals surface area contributed by atoms with Gasteiger partial charge in [-0.25, -0.2) is 35.7 Å². The number of thiazole rings is 1. The maximum atomic E-state index is 15.7. The molecule has 0 bridgehead atoms. The van der Waals surface area contributed by atoms with Crippen LogP contribution in [-0.4, -0.2) is 64.8 Å². The lowest BCUT2D eigenvalue weighted by molar-refractivity contribution is -0.147. The fourth-order valence-corrected chi connectivity index (χ4v) is 7.16. The summed E-state index contributed by atoms with van der Waals surface area (Å²) < 4.78 is 91.5. The quantitative estimate of drug-likeness (QED) is 0.227. The van der Waals surface area contributed by atoms with Crippen LogP contribution in [-0.2, 0) is 27.8 Å². The minimum absolute atomic E-state index is 0.0143. The van der Waals surface area contributed by atoms with Crippen molar-refractivity contribution in [3.8, 4) is 21.3 Å². The fourth-order valence-electron chi connectivity index (χ4n) is 4.71. The number of nitrogens with zero attached hydrogens (tertiary/aromatic N) is 4. The number of likely N-dealkylation sites (tertiary alicyclic amines) is 1. The molecule has 0 spiro atoms. The molecule has 16 heteroatoms.